The van der Waals surface area contributed by atoms with Crippen molar-refractivity contribution in [3.05, 3.63) is 0 Å². The van der Waals surface area contributed by atoms with Crippen LogP contribution < -0.4 is 0 Å². The third kappa shape index (κ3) is 5.39. The van der Waals surface area contributed by atoms with E-state index in [1.54, 1.807) is 0 Å². The molecule has 0 spiro atoms. The second-order valence-electron chi connectivity index (χ2n) is 1.03. The Morgan fingerprint density at radius 3 is 2.00 bits per heavy atom. The molecule has 6 heavy (non-hydrogen) atoms. The summed E-state index contributed by atoms with van der Waals surface area (Å²) in [5, 5.41) is 0.0244. The van der Waals surface area contributed by atoms with Gasteiger partial charge in [-0.25, -0.2) is 0 Å². The van der Waals surface area contributed by atoms with Gasteiger partial charge in [0.15, 0.2) is 0 Å². The maximum absolute atomic E-state index is 3.42. The zero-order valence-corrected chi connectivity index (χ0v) is 7.68. The Kier molecular flexibility index (Phi) is 5.60. The molecular weight excluding hydrogens is 227 g/mol. The Morgan fingerprint density at radius 2 is 2.00 bits per heavy atom. The predicted molar refractivity (Wildman–Crippen MR) is 39.9 cm³/mol. The van der Waals surface area contributed by atoms with E-state index in [1.165, 1.54) is 12.6 Å². The van der Waals surface area contributed by atoms with Gasteiger partial charge in [-0.05, 0) is 37.1 Å². The molecule has 0 aromatic rings. The lowest BCUT2D eigenvalue weighted by molar-refractivity contribution is 1.11. The lowest BCUT2D eigenvalue weighted by atomic mass is 10.6. The van der Waals surface area contributed by atoms with Crippen LogP contribution in [0, 0.1) is 0 Å². The summed E-state index contributed by atoms with van der Waals surface area (Å²) in [6, 6.07) is 0. The van der Waals surface area contributed by atoms with E-state index in [1.807, 2.05) is 0 Å². The fraction of sp³-hybridized carbons (Fsp3) is 1.00. The fourth-order valence-corrected chi connectivity index (χ4v) is 2.63. The summed E-state index contributed by atoms with van der Waals surface area (Å²) in [4.78, 5) is 0. The SMILES string of the molecule is CCCP(Br)Br. The molecule has 0 N–H and O–H groups in total. The molecule has 0 aliphatic rings. The summed E-state index contributed by atoms with van der Waals surface area (Å²) >= 11 is 6.83. The van der Waals surface area contributed by atoms with Crippen LogP contribution in [0.2, 0.25) is 0 Å². The van der Waals surface area contributed by atoms with E-state index in [9.17, 15) is 0 Å². The van der Waals surface area contributed by atoms with E-state index < -0.39 is 0 Å². The molecule has 0 saturated heterocycles. The maximum atomic E-state index is 3.42. The standard InChI is InChI=1S/C3H7Br2P/c1-2-3-6(4)5/h2-3H2,1H3. The van der Waals surface area contributed by atoms with Crippen molar-refractivity contribution >= 4 is 36.3 Å². The van der Waals surface area contributed by atoms with E-state index in [0.29, 0.717) is 0 Å². The first-order valence-corrected chi connectivity index (χ1v) is 7.43. The van der Waals surface area contributed by atoms with Crippen LogP contribution in [-0.2, 0) is 0 Å². The summed E-state index contributed by atoms with van der Waals surface area (Å²) in [5.74, 6) is 0. The molecule has 0 aliphatic heterocycles. The summed E-state index contributed by atoms with van der Waals surface area (Å²) in [6.45, 7) is 2.18. The highest BCUT2D eigenvalue weighted by Gasteiger charge is 1.90. The van der Waals surface area contributed by atoms with Gasteiger partial charge in [-0.1, -0.05) is 13.3 Å². The summed E-state index contributed by atoms with van der Waals surface area (Å²) < 4.78 is 0. The minimum absolute atomic E-state index is 0.0244. The molecule has 0 saturated carbocycles. The predicted octanol–water partition coefficient (Wildman–Crippen LogP) is 3.50. The largest absolute Gasteiger partial charge is 0.0650 e. The van der Waals surface area contributed by atoms with Crippen molar-refractivity contribution in [2.45, 2.75) is 13.3 Å². The highest BCUT2D eigenvalue weighted by molar-refractivity contribution is 9.69. The van der Waals surface area contributed by atoms with Gasteiger partial charge in [0.1, 0.15) is 0 Å². The zero-order valence-electron chi connectivity index (χ0n) is 3.62. The molecule has 0 bridgehead atoms. The quantitative estimate of drug-likeness (QED) is 0.641. The summed E-state index contributed by atoms with van der Waals surface area (Å²) in [7, 11) is 0. The fourth-order valence-electron chi connectivity index (χ4n) is 0.169. The molecule has 0 unspecified atom stereocenters. The van der Waals surface area contributed by atoms with Crippen LogP contribution in [-0.4, -0.2) is 6.16 Å². The van der Waals surface area contributed by atoms with Crippen molar-refractivity contribution in [3.63, 3.8) is 0 Å². The van der Waals surface area contributed by atoms with Crippen LogP contribution in [0.4, 0.5) is 0 Å². The van der Waals surface area contributed by atoms with Gasteiger partial charge in [0, 0.05) is 5.33 Å². The van der Waals surface area contributed by atoms with Crippen molar-refractivity contribution in [2.24, 2.45) is 0 Å². The molecule has 0 fully saturated rings. The number of hydrogen-bond acceptors (Lipinski definition) is 0. The van der Waals surface area contributed by atoms with Crippen molar-refractivity contribution < 1.29 is 0 Å². The van der Waals surface area contributed by atoms with Gasteiger partial charge in [-0.2, -0.15) is 0 Å². The van der Waals surface area contributed by atoms with Gasteiger partial charge in [-0.15, -0.1) is 0 Å². The van der Waals surface area contributed by atoms with E-state index in [4.69, 9.17) is 0 Å². The van der Waals surface area contributed by atoms with Crippen LogP contribution in [0.25, 0.3) is 0 Å². The van der Waals surface area contributed by atoms with Crippen molar-refractivity contribution in [3.8, 4) is 0 Å². The van der Waals surface area contributed by atoms with Crippen molar-refractivity contribution in [1.82, 2.24) is 0 Å². The van der Waals surface area contributed by atoms with Crippen molar-refractivity contribution in [1.29, 1.82) is 0 Å². The molecule has 0 aromatic heterocycles. The minimum atomic E-state index is 0.0244. The van der Waals surface area contributed by atoms with E-state index in [-0.39, 0.29) is 5.33 Å². The van der Waals surface area contributed by atoms with Crippen LogP contribution >= 0.6 is 36.3 Å². The molecule has 0 nitrogen and oxygen atoms in total. The topological polar surface area (TPSA) is 0 Å². The van der Waals surface area contributed by atoms with Crippen LogP contribution in [0.1, 0.15) is 13.3 Å². The van der Waals surface area contributed by atoms with Crippen molar-refractivity contribution in [2.75, 3.05) is 6.16 Å². The third-order valence-electron chi connectivity index (χ3n) is 0.393. The lowest BCUT2D eigenvalue weighted by Crippen LogP contribution is -1.63. The second-order valence-corrected chi connectivity index (χ2v) is 10.1. The van der Waals surface area contributed by atoms with Crippen LogP contribution in [0.15, 0.2) is 0 Å². The normalized spacial score (nSPS) is 10.0. The van der Waals surface area contributed by atoms with Gasteiger partial charge < -0.3 is 0 Å². The smallest absolute Gasteiger partial charge is 0.0346 e. The first-order valence-electron chi connectivity index (χ1n) is 1.86. The number of halogens is 2. The van der Waals surface area contributed by atoms with Gasteiger partial charge in [0.25, 0.3) is 0 Å². The van der Waals surface area contributed by atoms with Gasteiger partial charge in [0.05, 0.1) is 0 Å². The molecule has 0 aromatic carbocycles. The molecule has 0 aliphatic carbocycles. The van der Waals surface area contributed by atoms with Gasteiger partial charge >= 0.3 is 0 Å². The lowest BCUT2D eigenvalue weighted by Gasteiger charge is -1.91. The van der Waals surface area contributed by atoms with Crippen LogP contribution in [0.3, 0.4) is 0 Å². The Balaban J connectivity index is 2.63. The van der Waals surface area contributed by atoms with E-state index in [2.05, 4.69) is 37.9 Å². The Labute approximate surface area is 55.9 Å². The molecular formula is C3H7Br2P. The molecule has 0 rings (SSSR count). The zero-order chi connectivity index (χ0) is 4.99. The molecule has 38 valence electrons. The van der Waals surface area contributed by atoms with E-state index >= 15 is 0 Å². The molecule has 0 atom stereocenters. The van der Waals surface area contributed by atoms with Crippen LogP contribution in [0.5, 0.6) is 0 Å². The Hall–Kier alpha value is 1.39. The monoisotopic (exact) mass is 232 g/mol. The maximum Gasteiger partial charge on any atom is 0.0346 e. The first-order chi connectivity index (χ1) is 2.77. The first kappa shape index (κ1) is 7.39. The average molecular weight is 234 g/mol. The highest BCUT2D eigenvalue weighted by atomic mass is 79.9. The summed E-state index contributed by atoms with van der Waals surface area (Å²) in [6.07, 6.45) is 2.54. The van der Waals surface area contributed by atoms with Gasteiger partial charge in [-0.3, -0.25) is 0 Å². The Bertz CT molecular complexity index is 30.0. The minimum Gasteiger partial charge on any atom is -0.0650 e. The summed E-state index contributed by atoms with van der Waals surface area (Å²) in [5.41, 5.74) is 0. The van der Waals surface area contributed by atoms with E-state index in [0.717, 1.165) is 0 Å². The highest BCUT2D eigenvalue weighted by Crippen LogP contribution is 2.52. The van der Waals surface area contributed by atoms with Gasteiger partial charge in [0.2, 0.25) is 0 Å². The molecule has 3 heteroatoms. The third-order valence-corrected chi connectivity index (χ3v) is 3.31. The number of hydrogen-bond donors (Lipinski definition) is 0. The molecule has 0 amide bonds. The average Bonchev–Trinajstić information content (AvgIpc) is 1.35. The molecule has 0 radical (unpaired) electrons. The number of rotatable bonds is 2. The second kappa shape index (κ2) is 4.55. The molecule has 0 heterocycles. The Morgan fingerprint density at radius 1 is 1.50 bits per heavy atom.